The van der Waals surface area contributed by atoms with Gasteiger partial charge < -0.3 is 10.5 Å². The van der Waals surface area contributed by atoms with Crippen molar-refractivity contribution in [3.05, 3.63) is 28.3 Å². The van der Waals surface area contributed by atoms with E-state index in [1.807, 2.05) is 26.0 Å². The summed E-state index contributed by atoms with van der Waals surface area (Å²) in [6, 6.07) is 3.99. The van der Waals surface area contributed by atoms with Gasteiger partial charge in [0.25, 0.3) is 0 Å². The van der Waals surface area contributed by atoms with E-state index in [9.17, 15) is 0 Å². The molecule has 0 radical (unpaired) electrons. The molecule has 1 fully saturated rings. The fourth-order valence-corrected chi connectivity index (χ4v) is 2.80. The van der Waals surface area contributed by atoms with E-state index in [2.05, 4.69) is 0 Å². The third kappa shape index (κ3) is 3.18. The van der Waals surface area contributed by atoms with Gasteiger partial charge in [0.1, 0.15) is 5.75 Å². The molecule has 2 rings (SSSR count). The third-order valence-electron chi connectivity index (χ3n) is 3.88. The summed E-state index contributed by atoms with van der Waals surface area (Å²) in [5, 5.41) is 0.827. The van der Waals surface area contributed by atoms with Crippen LogP contribution in [0.2, 0.25) is 5.02 Å². The number of aryl methyl sites for hydroxylation is 2. The highest BCUT2D eigenvalue weighted by Crippen LogP contribution is 2.31. The minimum absolute atomic E-state index is 0.0104. The molecule has 0 unspecified atom stereocenters. The molecule has 2 nitrogen and oxygen atoms in total. The maximum atomic E-state index is 6.31. The quantitative estimate of drug-likeness (QED) is 0.895. The summed E-state index contributed by atoms with van der Waals surface area (Å²) in [5.74, 6) is 0.899. The van der Waals surface area contributed by atoms with Crippen LogP contribution in [-0.4, -0.2) is 12.1 Å². The second-order valence-corrected chi connectivity index (χ2v) is 5.92. The lowest BCUT2D eigenvalue weighted by Crippen LogP contribution is -2.37. The molecule has 1 aliphatic carbocycles. The smallest absolute Gasteiger partial charge is 0.119 e. The molecule has 0 aliphatic heterocycles. The Balaban J connectivity index is 1.90. The molecule has 0 bridgehead atoms. The van der Waals surface area contributed by atoms with Crippen LogP contribution in [-0.2, 0) is 0 Å². The van der Waals surface area contributed by atoms with Crippen molar-refractivity contribution >= 4 is 11.6 Å². The van der Waals surface area contributed by atoms with Crippen molar-refractivity contribution in [3.63, 3.8) is 0 Å². The molecule has 2 N–H and O–H groups in total. The van der Waals surface area contributed by atoms with Crippen molar-refractivity contribution in [2.75, 3.05) is 6.61 Å². The Bertz CT molecular complexity index is 401. The zero-order valence-corrected chi connectivity index (χ0v) is 12.0. The Morgan fingerprint density at radius 3 is 2.33 bits per heavy atom. The number of rotatable bonds is 4. The average molecular weight is 268 g/mol. The van der Waals surface area contributed by atoms with Crippen LogP contribution in [0.15, 0.2) is 12.1 Å². The SMILES string of the molecule is Cc1cc(OCCC2(N)CCCC2)cc(C)c1Cl. The van der Waals surface area contributed by atoms with Gasteiger partial charge in [-0.05, 0) is 56.4 Å². The van der Waals surface area contributed by atoms with Gasteiger partial charge in [-0.15, -0.1) is 0 Å². The highest BCUT2D eigenvalue weighted by Gasteiger charge is 2.28. The Morgan fingerprint density at radius 1 is 1.22 bits per heavy atom. The van der Waals surface area contributed by atoms with Crippen LogP contribution < -0.4 is 10.5 Å². The van der Waals surface area contributed by atoms with Gasteiger partial charge in [-0.3, -0.25) is 0 Å². The third-order valence-corrected chi connectivity index (χ3v) is 4.47. The molecule has 1 aromatic rings. The summed E-state index contributed by atoms with van der Waals surface area (Å²) in [4.78, 5) is 0. The molecule has 0 saturated heterocycles. The fourth-order valence-electron chi connectivity index (χ4n) is 2.69. The second kappa shape index (κ2) is 5.50. The van der Waals surface area contributed by atoms with Gasteiger partial charge in [0.2, 0.25) is 0 Å². The lowest BCUT2D eigenvalue weighted by atomic mass is 9.95. The predicted octanol–water partition coefficient (Wildman–Crippen LogP) is 4.00. The van der Waals surface area contributed by atoms with Crippen LogP contribution in [0.1, 0.15) is 43.2 Å². The highest BCUT2D eigenvalue weighted by atomic mass is 35.5. The molecule has 0 atom stereocenters. The van der Waals surface area contributed by atoms with Gasteiger partial charge >= 0.3 is 0 Å². The summed E-state index contributed by atoms with van der Waals surface area (Å²) in [6.45, 7) is 4.70. The first kappa shape index (κ1) is 13.7. The van der Waals surface area contributed by atoms with E-state index in [0.29, 0.717) is 6.61 Å². The lowest BCUT2D eigenvalue weighted by molar-refractivity contribution is 0.258. The van der Waals surface area contributed by atoms with Crippen LogP contribution in [0, 0.1) is 13.8 Å². The van der Waals surface area contributed by atoms with E-state index in [-0.39, 0.29) is 5.54 Å². The fraction of sp³-hybridized carbons (Fsp3) is 0.600. The van der Waals surface area contributed by atoms with Crippen molar-refractivity contribution < 1.29 is 4.74 Å². The van der Waals surface area contributed by atoms with Crippen LogP contribution in [0.5, 0.6) is 5.75 Å². The van der Waals surface area contributed by atoms with Crippen molar-refractivity contribution in [3.8, 4) is 5.75 Å². The summed E-state index contributed by atoms with van der Waals surface area (Å²) in [7, 11) is 0. The number of hydrogen-bond donors (Lipinski definition) is 1. The van der Waals surface area contributed by atoms with E-state index in [1.54, 1.807) is 0 Å². The van der Waals surface area contributed by atoms with E-state index < -0.39 is 0 Å². The molecule has 0 aromatic heterocycles. The van der Waals surface area contributed by atoms with Crippen LogP contribution >= 0.6 is 11.6 Å². The predicted molar refractivity (Wildman–Crippen MR) is 76.4 cm³/mol. The molecule has 0 heterocycles. The molecule has 100 valence electrons. The maximum Gasteiger partial charge on any atom is 0.119 e. The first-order valence-electron chi connectivity index (χ1n) is 6.69. The van der Waals surface area contributed by atoms with E-state index in [1.165, 1.54) is 12.8 Å². The molecule has 0 amide bonds. The Kier molecular flexibility index (Phi) is 4.18. The van der Waals surface area contributed by atoms with Crippen molar-refractivity contribution in [2.45, 2.75) is 51.5 Å². The average Bonchev–Trinajstić information content (AvgIpc) is 2.73. The summed E-state index contributed by atoms with van der Waals surface area (Å²) in [5.41, 5.74) is 8.45. The Morgan fingerprint density at radius 2 is 1.78 bits per heavy atom. The Labute approximate surface area is 114 Å². The zero-order valence-electron chi connectivity index (χ0n) is 11.3. The minimum atomic E-state index is 0.0104. The standard InChI is InChI=1S/C15H22ClNO/c1-11-9-13(10-12(2)14(11)16)18-8-7-15(17)5-3-4-6-15/h9-10H,3-8,17H2,1-2H3. The molecular weight excluding hydrogens is 246 g/mol. The number of nitrogens with two attached hydrogens (primary N) is 1. The van der Waals surface area contributed by atoms with Gasteiger partial charge in [-0.2, -0.15) is 0 Å². The van der Waals surface area contributed by atoms with Gasteiger partial charge in [-0.1, -0.05) is 24.4 Å². The zero-order chi connectivity index (χ0) is 13.2. The Hall–Kier alpha value is -0.730. The van der Waals surface area contributed by atoms with Crippen LogP contribution in [0.3, 0.4) is 0 Å². The molecule has 1 saturated carbocycles. The van der Waals surface area contributed by atoms with E-state index in [4.69, 9.17) is 22.1 Å². The summed E-state index contributed by atoms with van der Waals surface area (Å²) < 4.78 is 5.81. The van der Waals surface area contributed by atoms with Gasteiger partial charge in [0.05, 0.1) is 6.61 Å². The largest absolute Gasteiger partial charge is 0.494 e. The molecule has 18 heavy (non-hydrogen) atoms. The molecular formula is C15H22ClNO. The van der Waals surface area contributed by atoms with E-state index in [0.717, 1.165) is 41.2 Å². The second-order valence-electron chi connectivity index (χ2n) is 5.54. The molecule has 1 aliphatic rings. The van der Waals surface area contributed by atoms with Crippen LogP contribution in [0.4, 0.5) is 0 Å². The minimum Gasteiger partial charge on any atom is -0.494 e. The summed E-state index contributed by atoms with van der Waals surface area (Å²) in [6.07, 6.45) is 5.73. The number of halogens is 1. The topological polar surface area (TPSA) is 35.2 Å². The summed E-state index contributed by atoms with van der Waals surface area (Å²) >= 11 is 6.13. The highest BCUT2D eigenvalue weighted by molar-refractivity contribution is 6.32. The van der Waals surface area contributed by atoms with Gasteiger partial charge in [-0.25, -0.2) is 0 Å². The molecule has 3 heteroatoms. The number of hydrogen-bond acceptors (Lipinski definition) is 2. The van der Waals surface area contributed by atoms with Gasteiger partial charge in [0, 0.05) is 10.6 Å². The number of ether oxygens (including phenoxy) is 1. The van der Waals surface area contributed by atoms with Crippen molar-refractivity contribution in [2.24, 2.45) is 5.73 Å². The lowest BCUT2D eigenvalue weighted by Gasteiger charge is -2.23. The van der Waals surface area contributed by atoms with Crippen LogP contribution in [0.25, 0.3) is 0 Å². The molecule has 0 spiro atoms. The van der Waals surface area contributed by atoms with Gasteiger partial charge in [0.15, 0.2) is 0 Å². The molecule has 1 aromatic carbocycles. The number of benzene rings is 1. The van der Waals surface area contributed by atoms with E-state index >= 15 is 0 Å². The maximum absolute atomic E-state index is 6.31. The normalized spacial score (nSPS) is 18.0. The van der Waals surface area contributed by atoms with Crippen molar-refractivity contribution in [1.82, 2.24) is 0 Å². The first-order valence-corrected chi connectivity index (χ1v) is 7.06. The first-order chi connectivity index (χ1) is 8.50. The monoisotopic (exact) mass is 267 g/mol. The van der Waals surface area contributed by atoms with Crippen molar-refractivity contribution in [1.29, 1.82) is 0 Å².